The summed E-state index contributed by atoms with van der Waals surface area (Å²) in [5, 5.41) is 0. The fourth-order valence-electron chi connectivity index (χ4n) is 3.08. The quantitative estimate of drug-likeness (QED) is 0.700. The van der Waals surface area contributed by atoms with Crippen LogP contribution in [0.3, 0.4) is 0 Å². The average Bonchev–Trinajstić information content (AvgIpc) is 2.69. The lowest BCUT2D eigenvalue weighted by Gasteiger charge is -2.34. The molecule has 1 saturated heterocycles. The summed E-state index contributed by atoms with van der Waals surface area (Å²) in [5.41, 5.74) is 3.48. The maximum absolute atomic E-state index is 12.8. The van der Waals surface area contributed by atoms with Crippen LogP contribution in [0, 0.1) is 20.8 Å². The van der Waals surface area contributed by atoms with Gasteiger partial charge in [0.1, 0.15) is 0 Å². The Morgan fingerprint density at radius 2 is 1.57 bits per heavy atom. The molecule has 0 saturated carbocycles. The molecular formula is C21H26N2O3S2. The number of carbonyl (C=O) groups is 1. The number of sulfonamides is 1. The number of thioether (sulfide) groups is 1. The van der Waals surface area contributed by atoms with Gasteiger partial charge in [-0.1, -0.05) is 23.8 Å². The summed E-state index contributed by atoms with van der Waals surface area (Å²) in [4.78, 5) is 15.7. The molecule has 5 nitrogen and oxygen atoms in total. The number of carbonyl (C=O) groups excluding carboxylic acids is 1. The second kappa shape index (κ2) is 8.68. The lowest BCUT2D eigenvalue weighted by atomic mass is 10.1. The second-order valence-electron chi connectivity index (χ2n) is 7.13. The van der Waals surface area contributed by atoms with E-state index < -0.39 is 10.0 Å². The Labute approximate surface area is 171 Å². The minimum absolute atomic E-state index is 0.0515. The second-order valence-corrected chi connectivity index (χ2v) is 10.1. The third kappa shape index (κ3) is 4.77. The van der Waals surface area contributed by atoms with E-state index in [1.807, 2.05) is 13.0 Å². The molecule has 28 heavy (non-hydrogen) atoms. The third-order valence-corrected chi connectivity index (χ3v) is 7.98. The van der Waals surface area contributed by atoms with E-state index in [1.165, 1.54) is 27.2 Å². The molecule has 2 aromatic carbocycles. The van der Waals surface area contributed by atoms with Crippen LogP contribution < -0.4 is 0 Å². The Kier molecular flexibility index (Phi) is 6.47. The predicted molar refractivity (Wildman–Crippen MR) is 113 cm³/mol. The van der Waals surface area contributed by atoms with Crippen molar-refractivity contribution in [3.05, 3.63) is 59.2 Å². The number of piperazine rings is 1. The zero-order valence-corrected chi connectivity index (χ0v) is 18.1. The van der Waals surface area contributed by atoms with E-state index in [4.69, 9.17) is 0 Å². The first-order valence-corrected chi connectivity index (χ1v) is 11.7. The molecule has 7 heteroatoms. The first-order valence-electron chi connectivity index (χ1n) is 9.32. The molecule has 0 unspecified atom stereocenters. The summed E-state index contributed by atoms with van der Waals surface area (Å²) in [6, 6.07) is 13.1. The van der Waals surface area contributed by atoms with Gasteiger partial charge in [0.05, 0.1) is 10.6 Å². The van der Waals surface area contributed by atoms with Gasteiger partial charge < -0.3 is 4.90 Å². The van der Waals surface area contributed by atoms with Crippen molar-refractivity contribution in [1.82, 2.24) is 9.21 Å². The van der Waals surface area contributed by atoms with Crippen LogP contribution in [0.5, 0.6) is 0 Å². The van der Waals surface area contributed by atoms with Crippen molar-refractivity contribution < 1.29 is 13.2 Å². The molecule has 0 aromatic heterocycles. The summed E-state index contributed by atoms with van der Waals surface area (Å²) in [6.45, 7) is 7.58. The van der Waals surface area contributed by atoms with Crippen molar-refractivity contribution >= 4 is 27.7 Å². The molecule has 0 bridgehead atoms. The van der Waals surface area contributed by atoms with Gasteiger partial charge in [-0.15, -0.1) is 11.8 Å². The third-order valence-electron chi connectivity index (χ3n) is 5.09. The normalized spacial score (nSPS) is 15.6. The van der Waals surface area contributed by atoms with Crippen molar-refractivity contribution in [3.8, 4) is 0 Å². The molecule has 1 heterocycles. The Balaban J connectivity index is 1.55. The van der Waals surface area contributed by atoms with E-state index in [2.05, 4.69) is 26.0 Å². The van der Waals surface area contributed by atoms with Crippen LogP contribution in [0.4, 0.5) is 0 Å². The summed E-state index contributed by atoms with van der Waals surface area (Å²) < 4.78 is 27.0. The van der Waals surface area contributed by atoms with Crippen molar-refractivity contribution in [2.75, 3.05) is 31.9 Å². The van der Waals surface area contributed by atoms with Crippen molar-refractivity contribution in [1.29, 1.82) is 0 Å². The van der Waals surface area contributed by atoms with Gasteiger partial charge in [0.15, 0.2) is 0 Å². The number of rotatable bonds is 5. The first kappa shape index (κ1) is 20.9. The Morgan fingerprint density at radius 3 is 2.18 bits per heavy atom. The van der Waals surface area contributed by atoms with Crippen molar-refractivity contribution in [2.45, 2.75) is 30.6 Å². The molecule has 0 radical (unpaired) electrons. The molecule has 2 aromatic rings. The van der Waals surface area contributed by atoms with Crippen LogP contribution in [0.2, 0.25) is 0 Å². The minimum Gasteiger partial charge on any atom is -0.339 e. The summed E-state index contributed by atoms with van der Waals surface area (Å²) in [5.74, 6) is 0.420. The van der Waals surface area contributed by atoms with E-state index >= 15 is 0 Å². The largest absolute Gasteiger partial charge is 0.339 e. The fourth-order valence-corrected chi connectivity index (χ4v) is 5.40. The maximum atomic E-state index is 12.8. The lowest BCUT2D eigenvalue weighted by molar-refractivity contribution is -0.129. The Morgan fingerprint density at radius 1 is 0.929 bits per heavy atom. The van der Waals surface area contributed by atoms with E-state index in [-0.39, 0.29) is 5.91 Å². The number of aryl methyl sites for hydroxylation is 3. The van der Waals surface area contributed by atoms with Gasteiger partial charge in [-0.25, -0.2) is 8.42 Å². The highest BCUT2D eigenvalue weighted by Crippen LogP contribution is 2.22. The Hall–Kier alpha value is -1.83. The van der Waals surface area contributed by atoms with E-state index in [0.717, 1.165) is 10.5 Å². The fraction of sp³-hybridized carbons (Fsp3) is 0.381. The zero-order valence-electron chi connectivity index (χ0n) is 16.5. The van der Waals surface area contributed by atoms with E-state index in [9.17, 15) is 13.2 Å². The van der Waals surface area contributed by atoms with Crippen molar-refractivity contribution in [3.63, 3.8) is 0 Å². The van der Waals surface area contributed by atoms with Gasteiger partial charge >= 0.3 is 0 Å². The van der Waals surface area contributed by atoms with Crippen LogP contribution in [0.1, 0.15) is 16.7 Å². The van der Waals surface area contributed by atoms with Crippen LogP contribution in [-0.2, 0) is 14.8 Å². The maximum Gasteiger partial charge on any atom is 0.243 e. The van der Waals surface area contributed by atoms with Crippen LogP contribution in [0.25, 0.3) is 0 Å². The molecule has 0 spiro atoms. The van der Waals surface area contributed by atoms with E-state index in [1.54, 1.807) is 29.2 Å². The highest BCUT2D eigenvalue weighted by Gasteiger charge is 2.29. The summed E-state index contributed by atoms with van der Waals surface area (Å²) >= 11 is 1.53. The van der Waals surface area contributed by atoms with Gasteiger partial charge in [0.25, 0.3) is 0 Å². The SMILES string of the molecule is Cc1ccc(S(=O)(=O)N2CCN(C(=O)CSc3ccc(C)c(C)c3)CC2)cc1. The molecule has 1 aliphatic rings. The molecule has 0 atom stereocenters. The summed E-state index contributed by atoms with van der Waals surface area (Å²) in [7, 11) is -3.50. The monoisotopic (exact) mass is 418 g/mol. The smallest absolute Gasteiger partial charge is 0.243 e. The van der Waals surface area contributed by atoms with Gasteiger partial charge in [0.2, 0.25) is 15.9 Å². The highest BCUT2D eigenvalue weighted by molar-refractivity contribution is 8.00. The van der Waals surface area contributed by atoms with Crippen LogP contribution in [-0.4, -0.2) is 55.5 Å². The molecule has 0 N–H and O–H groups in total. The number of benzene rings is 2. The predicted octanol–water partition coefficient (Wildman–Crippen LogP) is 3.24. The number of nitrogens with zero attached hydrogens (tertiary/aromatic N) is 2. The highest BCUT2D eigenvalue weighted by atomic mass is 32.2. The van der Waals surface area contributed by atoms with Gasteiger partial charge in [-0.3, -0.25) is 4.79 Å². The van der Waals surface area contributed by atoms with Crippen LogP contribution in [0.15, 0.2) is 52.3 Å². The summed E-state index contributed by atoms with van der Waals surface area (Å²) in [6.07, 6.45) is 0. The van der Waals surface area contributed by atoms with Gasteiger partial charge in [-0.05, 0) is 56.2 Å². The Bertz CT molecular complexity index is 948. The molecule has 0 aliphatic carbocycles. The van der Waals surface area contributed by atoms with Gasteiger partial charge in [-0.2, -0.15) is 4.31 Å². The lowest BCUT2D eigenvalue weighted by Crippen LogP contribution is -2.50. The number of hydrogen-bond donors (Lipinski definition) is 0. The molecule has 1 amide bonds. The average molecular weight is 419 g/mol. The molecule has 3 rings (SSSR count). The zero-order chi connectivity index (χ0) is 20.3. The first-order chi connectivity index (χ1) is 13.3. The number of amides is 1. The number of hydrogen-bond acceptors (Lipinski definition) is 4. The van der Waals surface area contributed by atoms with Gasteiger partial charge in [0, 0.05) is 31.1 Å². The molecule has 1 aliphatic heterocycles. The molecule has 1 fully saturated rings. The topological polar surface area (TPSA) is 57.7 Å². The standard InChI is InChI=1S/C21H26N2O3S2/c1-16-4-8-20(9-5-16)28(25,26)23-12-10-22(11-13-23)21(24)15-27-19-7-6-17(2)18(3)14-19/h4-9,14H,10-13,15H2,1-3H3. The van der Waals surface area contributed by atoms with E-state index in [0.29, 0.717) is 36.8 Å². The molecule has 150 valence electrons. The van der Waals surface area contributed by atoms with Crippen LogP contribution >= 0.6 is 11.8 Å². The minimum atomic E-state index is -3.50. The van der Waals surface area contributed by atoms with Crippen molar-refractivity contribution in [2.24, 2.45) is 0 Å². The molecular weight excluding hydrogens is 392 g/mol.